The highest BCUT2D eigenvalue weighted by Crippen LogP contribution is 2.15. The van der Waals surface area contributed by atoms with Gasteiger partial charge < -0.3 is 10.5 Å². The Balaban J connectivity index is 2.35. The molecule has 1 aromatic carbocycles. The van der Waals surface area contributed by atoms with E-state index in [-0.39, 0.29) is 0 Å². The zero-order chi connectivity index (χ0) is 13.4. The molecule has 0 aliphatic heterocycles. The van der Waals surface area contributed by atoms with Crippen LogP contribution in [0.2, 0.25) is 0 Å². The quantitative estimate of drug-likeness (QED) is 0.762. The lowest BCUT2D eigenvalue weighted by atomic mass is 10.0. The SMILES string of the molecule is CCCC(C)COCc1ccc(C(C)CN)cc1. The lowest BCUT2D eigenvalue weighted by Gasteiger charge is -2.12. The smallest absolute Gasteiger partial charge is 0.0717 e. The van der Waals surface area contributed by atoms with E-state index in [1.165, 1.54) is 24.0 Å². The minimum atomic E-state index is 0.435. The second kappa shape index (κ2) is 8.28. The summed E-state index contributed by atoms with van der Waals surface area (Å²) in [4.78, 5) is 0. The molecule has 18 heavy (non-hydrogen) atoms. The number of nitrogens with two attached hydrogens (primary N) is 1. The molecule has 0 fully saturated rings. The summed E-state index contributed by atoms with van der Waals surface area (Å²) in [7, 11) is 0. The van der Waals surface area contributed by atoms with Crippen molar-refractivity contribution < 1.29 is 4.74 Å². The van der Waals surface area contributed by atoms with Crippen LogP contribution in [-0.4, -0.2) is 13.2 Å². The first-order valence-corrected chi connectivity index (χ1v) is 7.04. The van der Waals surface area contributed by atoms with E-state index in [2.05, 4.69) is 45.0 Å². The third-order valence-electron chi connectivity index (χ3n) is 3.35. The van der Waals surface area contributed by atoms with Crippen LogP contribution in [0.1, 0.15) is 50.7 Å². The number of ether oxygens (including phenoxy) is 1. The summed E-state index contributed by atoms with van der Waals surface area (Å²) in [6, 6.07) is 8.61. The van der Waals surface area contributed by atoms with Crippen molar-refractivity contribution >= 4 is 0 Å². The molecule has 1 rings (SSSR count). The predicted octanol–water partition coefficient (Wildman–Crippen LogP) is 3.70. The van der Waals surface area contributed by atoms with E-state index in [1.807, 2.05) is 0 Å². The molecule has 102 valence electrons. The lowest BCUT2D eigenvalue weighted by molar-refractivity contribution is 0.0893. The van der Waals surface area contributed by atoms with Crippen molar-refractivity contribution in [2.75, 3.05) is 13.2 Å². The molecule has 0 aliphatic rings. The first-order valence-electron chi connectivity index (χ1n) is 7.04. The zero-order valence-electron chi connectivity index (χ0n) is 12.0. The van der Waals surface area contributed by atoms with Crippen LogP contribution in [0.4, 0.5) is 0 Å². The van der Waals surface area contributed by atoms with Gasteiger partial charge in [0, 0.05) is 6.61 Å². The Morgan fingerprint density at radius 1 is 1.17 bits per heavy atom. The summed E-state index contributed by atoms with van der Waals surface area (Å²) in [5.74, 6) is 1.09. The highest BCUT2D eigenvalue weighted by atomic mass is 16.5. The third-order valence-corrected chi connectivity index (χ3v) is 3.35. The molecule has 2 atom stereocenters. The number of hydrogen-bond donors (Lipinski definition) is 1. The van der Waals surface area contributed by atoms with E-state index < -0.39 is 0 Å². The molecule has 0 spiro atoms. The zero-order valence-corrected chi connectivity index (χ0v) is 12.0. The van der Waals surface area contributed by atoms with Gasteiger partial charge >= 0.3 is 0 Å². The van der Waals surface area contributed by atoms with E-state index in [4.69, 9.17) is 10.5 Å². The van der Waals surface area contributed by atoms with Gasteiger partial charge in [0.1, 0.15) is 0 Å². The van der Waals surface area contributed by atoms with Crippen LogP contribution >= 0.6 is 0 Å². The van der Waals surface area contributed by atoms with Gasteiger partial charge in [0.25, 0.3) is 0 Å². The van der Waals surface area contributed by atoms with Crippen LogP contribution in [0.25, 0.3) is 0 Å². The van der Waals surface area contributed by atoms with Crippen LogP contribution in [0.5, 0.6) is 0 Å². The van der Waals surface area contributed by atoms with Crippen molar-refractivity contribution in [3.05, 3.63) is 35.4 Å². The van der Waals surface area contributed by atoms with Gasteiger partial charge in [-0.1, -0.05) is 51.5 Å². The molecule has 2 nitrogen and oxygen atoms in total. The Kier molecular flexibility index (Phi) is 6.99. The Hall–Kier alpha value is -0.860. The normalized spacial score (nSPS) is 14.4. The summed E-state index contributed by atoms with van der Waals surface area (Å²) < 4.78 is 5.74. The molecule has 0 saturated carbocycles. The number of benzene rings is 1. The van der Waals surface area contributed by atoms with Crippen LogP contribution in [0, 0.1) is 5.92 Å². The fourth-order valence-corrected chi connectivity index (χ4v) is 2.03. The molecule has 0 amide bonds. The molecule has 0 saturated heterocycles. The molecule has 2 heteroatoms. The monoisotopic (exact) mass is 249 g/mol. The topological polar surface area (TPSA) is 35.2 Å². The highest BCUT2D eigenvalue weighted by Gasteiger charge is 2.04. The summed E-state index contributed by atoms with van der Waals surface area (Å²) in [5.41, 5.74) is 8.21. The van der Waals surface area contributed by atoms with Gasteiger partial charge in [0.15, 0.2) is 0 Å². The van der Waals surface area contributed by atoms with Gasteiger partial charge in [-0.05, 0) is 35.9 Å². The average Bonchev–Trinajstić information content (AvgIpc) is 2.39. The van der Waals surface area contributed by atoms with E-state index in [0.717, 1.165) is 6.61 Å². The molecule has 0 bridgehead atoms. The Bertz CT molecular complexity index is 320. The minimum absolute atomic E-state index is 0.435. The lowest BCUT2D eigenvalue weighted by Crippen LogP contribution is -2.09. The van der Waals surface area contributed by atoms with Gasteiger partial charge in [-0.15, -0.1) is 0 Å². The third kappa shape index (κ3) is 5.19. The van der Waals surface area contributed by atoms with Crippen molar-refractivity contribution in [2.45, 2.75) is 46.1 Å². The molecule has 1 aromatic rings. The van der Waals surface area contributed by atoms with Gasteiger partial charge in [0.05, 0.1) is 6.61 Å². The van der Waals surface area contributed by atoms with Crippen molar-refractivity contribution in [1.29, 1.82) is 0 Å². The summed E-state index contributed by atoms with van der Waals surface area (Å²) >= 11 is 0. The van der Waals surface area contributed by atoms with Gasteiger partial charge in [-0.2, -0.15) is 0 Å². The average molecular weight is 249 g/mol. The van der Waals surface area contributed by atoms with Crippen molar-refractivity contribution in [3.8, 4) is 0 Å². The predicted molar refractivity (Wildman–Crippen MR) is 77.6 cm³/mol. The molecule has 0 aromatic heterocycles. The van der Waals surface area contributed by atoms with E-state index in [9.17, 15) is 0 Å². The highest BCUT2D eigenvalue weighted by molar-refractivity contribution is 5.24. The minimum Gasteiger partial charge on any atom is -0.376 e. The van der Waals surface area contributed by atoms with Gasteiger partial charge in [0.2, 0.25) is 0 Å². The maximum absolute atomic E-state index is 5.74. The fourth-order valence-electron chi connectivity index (χ4n) is 2.03. The van der Waals surface area contributed by atoms with Crippen molar-refractivity contribution in [2.24, 2.45) is 11.7 Å². The Morgan fingerprint density at radius 3 is 2.39 bits per heavy atom. The summed E-state index contributed by atoms with van der Waals surface area (Å²) in [6.45, 7) is 8.88. The molecule has 0 heterocycles. The molecular formula is C16H27NO. The summed E-state index contributed by atoms with van der Waals surface area (Å²) in [5, 5.41) is 0. The summed E-state index contributed by atoms with van der Waals surface area (Å²) in [6.07, 6.45) is 2.48. The van der Waals surface area contributed by atoms with Gasteiger partial charge in [-0.25, -0.2) is 0 Å². The largest absolute Gasteiger partial charge is 0.376 e. The second-order valence-corrected chi connectivity index (χ2v) is 5.29. The number of rotatable bonds is 8. The van der Waals surface area contributed by atoms with Crippen LogP contribution in [0.15, 0.2) is 24.3 Å². The van der Waals surface area contributed by atoms with Gasteiger partial charge in [-0.3, -0.25) is 0 Å². The standard InChI is InChI=1S/C16H27NO/c1-4-5-13(2)11-18-12-15-6-8-16(9-7-15)14(3)10-17/h6-9,13-14H,4-5,10-12,17H2,1-3H3. The molecule has 2 N–H and O–H groups in total. The molecular weight excluding hydrogens is 222 g/mol. The van der Waals surface area contributed by atoms with Crippen LogP contribution in [0.3, 0.4) is 0 Å². The maximum Gasteiger partial charge on any atom is 0.0717 e. The molecule has 0 radical (unpaired) electrons. The maximum atomic E-state index is 5.74. The van der Waals surface area contributed by atoms with E-state index in [1.54, 1.807) is 0 Å². The first kappa shape index (κ1) is 15.2. The number of hydrogen-bond acceptors (Lipinski definition) is 2. The van der Waals surface area contributed by atoms with Crippen molar-refractivity contribution in [1.82, 2.24) is 0 Å². The first-order chi connectivity index (χ1) is 8.67. The van der Waals surface area contributed by atoms with Crippen LogP contribution < -0.4 is 5.73 Å². The Labute approximate surface area is 112 Å². The molecule has 0 aliphatic carbocycles. The Morgan fingerprint density at radius 2 is 1.83 bits per heavy atom. The second-order valence-electron chi connectivity index (χ2n) is 5.29. The van der Waals surface area contributed by atoms with Crippen LogP contribution in [-0.2, 0) is 11.3 Å². The molecule has 2 unspecified atom stereocenters. The van der Waals surface area contributed by atoms with E-state index in [0.29, 0.717) is 25.0 Å². The van der Waals surface area contributed by atoms with Crippen molar-refractivity contribution in [3.63, 3.8) is 0 Å². The fraction of sp³-hybridized carbons (Fsp3) is 0.625. The van der Waals surface area contributed by atoms with E-state index >= 15 is 0 Å².